The molecular weight excluding hydrogens is 476 g/mol. The normalized spacial score (nSPS) is 27.1. The summed E-state index contributed by atoms with van der Waals surface area (Å²) in [6.07, 6.45) is 10.4. The molecule has 0 radical (unpaired) electrons. The highest BCUT2D eigenvalue weighted by atomic mass is 19.2. The summed E-state index contributed by atoms with van der Waals surface area (Å²) in [6, 6.07) is 0.297. The van der Waals surface area contributed by atoms with Crippen LogP contribution in [0.1, 0.15) is 60.3 Å². The number of halogens is 2. The Morgan fingerprint density at radius 3 is 2.65 bits per heavy atom. The molecule has 11 heteroatoms. The maximum Gasteiger partial charge on any atom is 0.181 e. The molecule has 0 saturated heterocycles. The van der Waals surface area contributed by atoms with Crippen LogP contribution >= 0.6 is 0 Å². The average molecular weight is 520 g/mol. The number of nitrogens with zero attached hydrogens (tertiary/aromatic N) is 5. The minimum absolute atomic E-state index is 0.0685. The van der Waals surface area contributed by atoms with E-state index in [1.165, 1.54) is 48.1 Å². The molecule has 0 bridgehead atoms. The Labute approximate surface area is 219 Å². The molecule has 0 aromatic heterocycles. The third-order valence-electron chi connectivity index (χ3n) is 7.13. The molecule has 2 aliphatic heterocycles. The molecule has 9 nitrogen and oxygen atoms in total. The number of alkyl halides is 2. The number of hydrogen-bond donors (Lipinski definition) is 4. The average Bonchev–Trinajstić information content (AvgIpc) is 3.39. The van der Waals surface area contributed by atoms with E-state index in [2.05, 4.69) is 55.1 Å². The predicted molar refractivity (Wildman–Crippen MR) is 145 cm³/mol. The van der Waals surface area contributed by atoms with Crippen LogP contribution in [0.15, 0.2) is 52.6 Å². The van der Waals surface area contributed by atoms with Crippen molar-refractivity contribution in [3.05, 3.63) is 47.5 Å². The van der Waals surface area contributed by atoms with Gasteiger partial charge in [-0.3, -0.25) is 15.4 Å². The van der Waals surface area contributed by atoms with Crippen molar-refractivity contribution < 1.29 is 8.78 Å². The molecule has 1 aliphatic carbocycles. The van der Waals surface area contributed by atoms with E-state index < -0.39 is 11.8 Å². The van der Waals surface area contributed by atoms with Gasteiger partial charge in [-0.15, -0.1) is 15.8 Å². The second-order valence-corrected chi connectivity index (χ2v) is 10.4. The van der Waals surface area contributed by atoms with Crippen LogP contribution in [-0.4, -0.2) is 63.8 Å². The van der Waals surface area contributed by atoms with E-state index in [0.717, 1.165) is 18.5 Å². The molecular formula is C26H43F2N9. The topological polar surface area (TPSA) is 99.2 Å². The molecule has 2 heterocycles. The summed E-state index contributed by atoms with van der Waals surface area (Å²) in [5.74, 6) is 0.546. The Morgan fingerprint density at radius 2 is 2.03 bits per heavy atom. The summed E-state index contributed by atoms with van der Waals surface area (Å²) >= 11 is 0. The lowest BCUT2D eigenvalue weighted by molar-refractivity contribution is 0.0369. The highest BCUT2D eigenvalue weighted by molar-refractivity contribution is 6.21. The number of nitrogens with one attached hydrogen (secondary N) is 3. The summed E-state index contributed by atoms with van der Waals surface area (Å²) in [5, 5.41) is 19.6. The van der Waals surface area contributed by atoms with Crippen molar-refractivity contribution in [1.82, 2.24) is 31.2 Å². The Kier molecular flexibility index (Phi) is 9.01. The third kappa shape index (κ3) is 6.15. The molecule has 0 aromatic rings. The van der Waals surface area contributed by atoms with Crippen molar-refractivity contribution >= 4 is 11.7 Å². The lowest BCUT2D eigenvalue weighted by Gasteiger charge is -2.35. The fourth-order valence-corrected chi connectivity index (χ4v) is 5.06. The van der Waals surface area contributed by atoms with Crippen LogP contribution in [-0.2, 0) is 0 Å². The highest BCUT2D eigenvalue weighted by Gasteiger charge is 2.43. The number of hydrazine groups is 4. The third-order valence-corrected chi connectivity index (χ3v) is 7.13. The van der Waals surface area contributed by atoms with Crippen molar-refractivity contribution in [3.8, 4) is 0 Å². The maximum absolute atomic E-state index is 15.2. The number of hydrogen-bond acceptors (Lipinski definition) is 8. The van der Waals surface area contributed by atoms with Crippen LogP contribution in [0, 0.1) is 17.2 Å². The highest BCUT2D eigenvalue weighted by Crippen LogP contribution is 2.34. The zero-order valence-electron chi connectivity index (χ0n) is 23.1. The Balaban J connectivity index is 1.91. The molecule has 206 valence electrons. The molecule has 0 spiro atoms. The minimum Gasteiger partial charge on any atom is -0.384 e. The molecule has 3 aliphatic rings. The van der Waals surface area contributed by atoms with Gasteiger partial charge in [0.25, 0.3) is 0 Å². The van der Waals surface area contributed by atoms with Gasteiger partial charge in [-0.2, -0.15) is 0 Å². The van der Waals surface area contributed by atoms with Gasteiger partial charge in [-0.25, -0.2) is 19.3 Å². The molecule has 3 rings (SSSR count). The Bertz CT molecular complexity index is 1000. The predicted octanol–water partition coefficient (Wildman–Crippen LogP) is 4.10. The van der Waals surface area contributed by atoms with Gasteiger partial charge in [0.05, 0.1) is 17.0 Å². The smallest absolute Gasteiger partial charge is 0.181 e. The van der Waals surface area contributed by atoms with Crippen LogP contribution in [0.4, 0.5) is 8.78 Å². The minimum atomic E-state index is -2.16. The molecule has 37 heavy (non-hydrogen) atoms. The first kappa shape index (κ1) is 28.6. The van der Waals surface area contributed by atoms with Crippen LogP contribution < -0.4 is 16.8 Å². The van der Waals surface area contributed by atoms with E-state index >= 15 is 4.39 Å². The molecule has 5 N–H and O–H groups in total. The summed E-state index contributed by atoms with van der Waals surface area (Å²) < 4.78 is 30.0. The standard InChI is InChI=1S/C26H43F2N9/c1-8-11-17(3)14-18(4)36-16-22(34(6)33-36)19(9-2)15-20(24(29)30)25-31-32-35(7)37(25)21-12-10-13-26(5,28)23(21)27/h10,12-13,15-19,23,32-33H,8-9,11,14H2,1-7H3,(H3,29,30)/b20-15+. The first-order valence-electron chi connectivity index (χ1n) is 13.1. The van der Waals surface area contributed by atoms with E-state index in [-0.39, 0.29) is 23.3 Å². The molecule has 0 saturated carbocycles. The van der Waals surface area contributed by atoms with Gasteiger partial charge in [-0.1, -0.05) is 45.8 Å². The fourth-order valence-electron chi connectivity index (χ4n) is 5.06. The van der Waals surface area contributed by atoms with Crippen molar-refractivity contribution in [2.45, 2.75) is 78.2 Å². The molecule has 5 unspecified atom stereocenters. The van der Waals surface area contributed by atoms with Gasteiger partial charge < -0.3 is 5.73 Å². The monoisotopic (exact) mass is 519 g/mol. The summed E-state index contributed by atoms with van der Waals surface area (Å²) in [5.41, 5.74) is 11.5. The van der Waals surface area contributed by atoms with E-state index in [1.807, 2.05) is 18.1 Å². The molecule has 0 aromatic carbocycles. The van der Waals surface area contributed by atoms with Gasteiger partial charge in [0.1, 0.15) is 5.84 Å². The van der Waals surface area contributed by atoms with E-state index in [4.69, 9.17) is 11.1 Å². The second kappa shape index (κ2) is 11.6. The number of hydrazone groups is 1. The van der Waals surface area contributed by atoms with Gasteiger partial charge in [0, 0.05) is 32.3 Å². The van der Waals surface area contributed by atoms with Crippen molar-refractivity contribution in [2.24, 2.45) is 22.7 Å². The van der Waals surface area contributed by atoms with Crippen molar-refractivity contribution in [1.29, 1.82) is 5.41 Å². The zero-order chi connectivity index (χ0) is 27.5. The van der Waals surface area contributed by atoms with Gasteiger partial charge in [0.2, 0.25) is 0 Å². The van der Waals surface area contributed by atoms with Gasteiger partial charge in [0.15, 0.2) is 17.7 Å². The molecule has 0 fully saturated rings. The molecule has 5 atom stereocenters. The van der Waals surface area contributed by atoms with Crippen molar-refractivity contribution in [3.63, 3.8) is 0 Å². The quantitative estimate of drug-likeness (QED) is 0.241. The number of allylic oxidation sites excluding steroid dienone is 5. The summed E-state index contributed by atoms with van der Waals surface area (Å²) in [7, 11) is 3.60. The fraction of sp³-hybridized carbons (Fsp3) is 0.615. The second-order valence-electron chi connectivity index (χ2n) is 10.4. The van der Waals surface area contributed by atoms with E-state index in [0.29, 0.717) is 17.5 Å². The van der Waals surface area contributed by atoms with E-state index in [9.17, 15) is 4.39 Å². The maximum atomic E-state index is 15.2. The van der Waals surface area contributed by atoms with Crippen molar-refractivity contribution in [2.75, 3.05) is 14.1 Å². The number of rotatable bonds is 11. The first-order valence-corrected chi connectivity index (χ1v) is 13.1. The Hall–Kier alpha value is -2.92. The first-order chi connectivity index (χ1) is 17.4. The largest absolute Gasteiger partial charge is 0.384 e. The summed E-state index contributed by atoms with van der Waals surface area (Å²) in [4.78, 5) is 0. The Morgan fingerprint density at radius 1 is 1.32 bits per heavy atom. The van der Waals surface area contributed by atoms with Crippen LogP contribution in [0.25, 0.3) is 0 Å². The SMILES string of the molecule is CCCC(C)CC(C)N1C=C(C(/C=C(\C(=N)N)C2=NNN(C)N2C2=CC=CC(C)(F)C2F)CC)N(C)N1. The van der Waals surface area contributed by atoms with Crippen LogP contribution in [0.3, 0.4) is 0 Å². The van der Waals surface area contributed by atoms with Gasteiger partial charge >= 0.3 is 0 Å². The van der Waals surface area contributed by atoms with E-state index in [1.54, 1.807) is 7.05 Å². The van der Waals surface area contributed by atoms with Crippen LogP contribution in [0.5, 0.6) is 0 Å². The van der Waals surface area contributed by atoms with Gasteiger partial charge in [-0.05, 0) is 44.8 Å². The van der Waals surface area contributed by atoms with Crippen LogP contribution in [0.2, 0.25) is 0 Å². The lowest BCUT2D eigenvalue weighted by atomic mass is 9.93. The summed E-state index contributed by atoms with van der Waals surface area (Å²) in [6.45, 7) is 9.95. The molecule has 0 amide bonds. The number of nitrogens with two attached hydrogens (primary N) is 1. The number of amidine groups is 2. The lowest BCUT2D eigenvalue weighted by Crippen LogP contribution is -2.49. The zero-order valence-corrected chi connectivity index (χ0v) is 23.1.